The Morgan fingerprint density at radius 1 is 0.850 bits per heavy atom. The Kier molecular flexibility index (Phi) is 5.65. The Morgan fingerprint density at radius 3 is 2.20 bits per heavy atom. The first kappa shape index (κ1) is 14.1. The highest BCUT2D eigenvalue weighted by molar-refractivity contribution is 5.76. The maximum atomic E-state index is 11.7. The molecule has 104 valence electrons. The molecule has 1 amide bonds. The molecule has 20 heavy (non-hydrogen) atoms. The zero-order chi connectivity index (χ0) is 14.0. The van der Waals surface area contributed by atoms with Crippen molar-refractivity contribution in [1.82, 2.24) is 5.32 Å². The van der Waals surface area contributed by atoms with Gasteiger partial charge in [-0.1, -0.05) is 48.5 Å². The van der Waals surface area contributed by atoms with Crippen molar-refractivity contribution in [3.8, 4) is 0 Å². The van der Waals surface area contributed by atoms with E-state index < -0.39 is 0 Å². The SMILES string of the molecule is O=C(CCc1ccccc1)NCCNc1ccccc1. The molecule has 3 nitrogen and oxygen atoms in total. The number of carbonyl (C=O) groups excluding carboxylic acids is 1. The molecule has 0 saturated carbocycles. The Morgan fingerprint density at radius 2 is 1.50 bits per heavy atom. The molecule has 0 spiro atoms. The minimum absolute atomic E-state index is 0.101. The van der Waals surface area contributed by atoms with Gasteiger partial charge in [-0.3, -0.25) is 4.79 Å². The number of amides is 1. The van der Waals surface area contributed by atoms with Crippen LogP contribution in [-0.4, -0.2) is 19.0 Å². The number of para-hydroxylation sites is 1. The second kappa shape index (κ2) is 8.00. The molecule has 0 unspecified atom stereocenters. The fourth-order valence-electron chi connectivity index (χ4n) is 1.96. The van der Waals surface area contributed by atoms with Gasteiger partial charge in [-0.25, -0.2) is 0 Å². The molecule has 0 bridgehead atoms. The molecule has 0 aliphatic heterocycles. The van der Waals surface area contributed by atoms with E-state index in [2.05, 4.69) is 10.6 Å². The van der Waals surface area contributed by atoms with Crippen LogP contribution in [0.15, 0.2) is 60.7 Å². The fraction of sp³-hybridized carbons (Fsp3) is 0.235. The minimum Gasteiger partial charge on any atom is -0.383 e. The molecular formula is C17H20N2O. The largest absolute Gasteiger partial charge is 0.383 e. The topological polar surface area (TPSA) is 41.1 Å². The molecule has 0 saturated heterocycles. The fourth-order valence-corrected chi connectivity index (χ4v) is 1.96. The maximum Gasteiger partial charge on any atom is 0.220 e. The predicted octanol–water partition coefficient (Wildman–Crippen LogP) is 2.85. The van der Waals surface area contributed by atoms with Crippen LogP contribution in [0.4, 0.5) is 5.69 Å². The highest BCUT2D eigenvalue weighted by Gasteiger charge is 2.01. The third kappa shape index (κ3) is 5.14. The van der Waals surface area contributed by atoms with E-state index in [4.69, 9.17) is 0 Å². The van der Waals surface area contributed by atoms with Gasteiger partial charge in [0, 0.05) is 25.2 Å². The Bertz CT molecular complexity index is 511. The van der Waals surface area contributed by atoms with Gasteiger partial charge in [0.2, 0.25) is 5.91 Å². The van der Waals surface area contributed by atoms with Gasteiger partial charge in [-0.15, -0.1) is 0 Å². The van der Waals surface area contributed by atoms with Crippen molar-refractivity contribution in [3.63, 3.8) is 0 Å². The van der Waals surface area contributed by atoms with Crippen LogP contribution in [-0.2, 0) is 11.2 Å². The summed E-state index contributed by atoms with van der Waals surface area (Å²) >= 11 is 0. The summed E-state index contributed by atoms with van der Waals surface area (Å²) in [6, 6.07) is 20.0. The van der Waals surface area contributed by atoms with Crippen LogP contribution < -0.4 is 10.6 Å². The van der Waals surface area contributed by atoms with Crippen LogP contribution in [0.3, 0.4) is 0 Å². The number of aryl methyl sites for hydroxylation is 1. The van der Waals surface area contributed by atoms with E-state index in [9.17, 15) is 4.79 Å². The van der Waals surface area contributed by atoms with Gasteiger partial charge in [-0.05, 0) is 24.1 Å². The molecule has 0 atom stereocenters. The second-order valence-corrected chi connectivity index (χ2v) is 4.63. The highest BCUT2D eigenvalue weighted by Crippen LogP contribution is 2.04. The van der Waals surface area contributed by atoms with Crippen molar-refractivity contribution >= 4 is 11.6 Å². The molecule has 2 N–H and O–H groups in total. The van der Waals surface area contributed by atoms with Crippen LogP contribution in [0.1, 0.15) is 12.0 Å². The first-order valence-electron chi connectivity index (χ1n) is 6.94. The Balaban J connectivity index is 1.59. The van der Waals surface area contributed by atoms with Gasteiger partial charge in [0.25, 0.3) is 0 Å². The van der Waals surface area contributed by atoms with Crippen molar-refractivity contribution in [3.05, 3.63) is 66.2 Å². The Labute approximate surface area is 120 Å². The van der Waals surface area contributed by atoms with Crippen LogP contribution >= 0.6 is 0 Å². The van der Waals surface area contributed by atoms with Gasteiger partial charge in [0.15, 0.2) is 0 Å². The molecule has 0 aliphatic carbocycles. The summed E-state index contributed by atoms with van der Waals surface area (Å²) in [6.07, 6.45) is 1.33. The van der Waals surface area contributed by atoms with E-state index in [-0.39, 0.29) is 5.91 Å². The third-order valence-electron chi connectivity index (χ3n) is 3.03. The molecule has 0 aromatic heterocycles. The van der Waals surface area contributed by atoms with Crippen molar-refractivity contribution in [2.45, 2.75) is 12.8 Å². The lowest BCUT2D eigenvalue weighted by atomic mass is 10.1. The summed E-state index contributed by atoms with van der Waals surface area (Å²) < 4.78 is 0. The molecule has 2 aromatic carbocycles. The summed E-state index contributed by atoms with van der Waals surface area (Å²) in [7, 11) is 0. The first-order chi connectivity index (χ1) is 9.84. The first-order valence-corrected chi connectivity index (χ1v) is 6.94. The van der Waals surface area contributed by atoms with E-state index in [0.29, 0.717) is 13.0 Å². The van der Waals surface area contributed by atoms with Gasteiger partial charge in [0.05, 0.1) is 0 Å². The quantitative estimate of drug-likeness (QED) is 0.758. The van der Waals surface area contributed by atoms with E-state index in [0.717, 1.165) is 18.7 Å². The number of carbonyl (C=O) groups is 1. The lowest BCUT2D eigenvalue weighted by molar-refractivity contribution is -0.120. The van der Waals surface area contributed by atoms with Crippen LogP contribution in [0.2, 0.25) is 0 Å². The summed E-state index contributed by atoms with van der Waals surface area (Å²) in [5.41, 5.74) is 2.27. The van der Waals surface area contributed by atoms with Crippen molar-refractivity contribution in [1.29, 1.82) is 0 Å². The summed E-state index contributed by atoms with van der Waals surface area (Å²) in [5.74, 6) is 0.101. The number of rotatable bonds is 7. The standard InChI is InChI=1S/C17H20N2O/c20-17(12-11-15-7-3-1-4-8-15)19-14-13-18-16-9-5-2-6-10-16/h1-10,18H,11-14H2,(H,19,20). The molecule has 2 rings (SSSR count). The van der Waals surface area contributed by atoms with E-state index >= 15 is 0 Å². The zero-order valence-corrected chi connectivity index (χ0v) is 11.5. The van der Waals surface area contributed by atoms with Crippen molar-refractivity contribution < 1.29 is 4.79 Å². The second-order valence-electron chi connectivity index (χ2n) is 4.63. The number of hydrogen-bond donors (Lipinski definition) is 2. The number of benzene rings is 2. The number of hydrogen-bond acceptors (Lipinski definition) is 2. The molecular weight excluding hydrogens is 248 g/mol. The summed E-state index contributed by atoms with van der Waals surface area (Å²) in [6.45, 7) is 1.38. The molecule has 0 fully saturated rings. The van der Waals surface area contributed by atoms with Crippen LogP contribution in [0.25, 0.3) is 0 Å². The zero-order valence-electron chi connectivity index (χ0n) is 11.5. The van der Waals surface area contributed by atoms with Crippen molar-refractivity contribution in [2.75, 3.05) is 18.4 Å². The van der Waals surface area contributed by atoms with Crippen LogP contribution in [0, 0.1) is 0 Å². The average molecular weight is 268 g/mol. The average Bonchev–Trinajstić information content (AvgIpc) is 2.52. The van der Waals surface area contributed by atoms with Gasteiger partial charge in [0.1, 0.15) is 0 Å². The number of anilines is 1. The maximum absolute atomic E-state index is 11.7. The van der Waals surface area contributed by atoms with Gasteiger partial charge < -0.3 is 10.6 Å². The lowest BCUT2D eigenvalue weighted by Crippen LogP contribution is -2.28. The summed E-state index contributed by atoms with van der Waals surface area (Å²) in [4.78, 5) is 11.7. The highest BCUT2D eigenvalue weighted by atomic mass is 16.1. The molecule has 2 aromatic rings. The monoisotopic (exact) mass is 268 g/mol. The summed E-state index contributed by atoms with van der Waals surface area (Å²) in [5, 5.41) is 6.18. The van der Waals surface area contributed by atoms with Crippen LogP contribution in [0.5, 0.6) is 0 Å². The molecule has 0 heterocycles. The molecule has 0 aliphatic rings. The Hall–Kier alpha value is -2.29. The van der Waals surface area contributed by atoms with E-state index in [1.165, 1.54) is 5.56 Å². The lowest BCUT2D eigenvalue weighted by Gasteiger charge is -2.08. The van der Waals surface area contributed by atoms with Gasteiger partial charge >= 0.3 is 0 Å². The smallest absolute Gasteiger partial charge is 0.220 e. The molecule has 0 radical (unpaired) electrons. The normalized spacial score (nSPS) is 10.0. The predicted molar refractivity (Wildman–Crippen MR) is 82.7 cm³/mol. The minimum atomic E-state index is 0.101. The van der Waals surface area contributed by atoms with Gasteiger partial charge in [-0.2, -0.15) is 0 Å². The number of nitrogens with one attached hydrogen (secondary N) is 2. The van der Waals surface area contributed by atoms with E-state index in [1.54, 1.807) is 0 Å². The third-order valence-corrected chi connectivity index (χ3v) is 3.03. The van der Waals surface area contributed by atoms with E-state index in [1.807, 2.05) is 60.7 Å². The molecule has 3 heteroatoms. The van der Waals surface area contributed by atoms with Crippen molar-refractivity contribution in [2.24, 2.45) is 0 Å².